The van der Waals surface area contributed by atoms with Crippen molar-refractivity contribution in [1.82, 2.24) is 15.2 Å². The van der Waals surface area contributed by atoms with Crippen LogP contribution in [0.15, 0.2) is 18.2 Å². The van der Waals surface area contributed by atoms with E-state index in [1.54, 1.807) is 24.1 Å². The van der Waals surface area contributed by atoms with Gasteiger partial charge in [0.1, 0.15) is 5.82 Å². The number of carbonyl (C=O) groups excluding carboxylic acids is 2. The van der Waals surface area contributed by atoms with Crippen LogP contribution in [-0.4, -0.2) is 81.5 Å². The van der Waals surface area contributed by atoms with Gasteiger partial charge in [-0.1, -0.05) is 0 Å². The Bertz CT molecular complexity index is 1100. The van der Waals surface area contributed by atoms with E-state index >= 15 is 0 Å². The van der Waals surface area contributed by atoms with Crippen LogP contribution in [0.4, 0.5) is 10.1 Å². The topological polar surface area (TPSA) is 105 Å². The third kappa shape index (κ3) is 5.79. The molecule has 0 aliphatic carbocycles. The first-order valence-corrected chi connectivity index (χ1v) is 11.7. The summed E-state index contributed by atoms with van der Waals surface area (Å²) in [6.45, 7) is 5.72. The molecule has 4 rings (SSSR count). The van der Waals surface area contributed by atoms with Gasteiger partial charge >= 0.3 is 0 Å². The van der Waals surface area contributed by atoms with Crippen LogP contribution in [0.2, 0.25) is 0 Å². The van der Waals surface area contributed by atoms with E-state index in [0.29, 0.717) is 93.1 Å². The van der Waals surface area contributed by atoms with Crippen LogP contribution >= 0.6 is 0 Å². The average molecular weight is 487 g/mol. The summed E-state index contributed by atoms with van der Waals surface area (Å²) in [5.41, 5.74) is 3.98. The predicted molar refractivity (Wildman–Crippen MR) is 130 cm³/mol. The minimum absolute atomic E-state index is 0.142. The van der Waals surface area contributed by atoms with E-state index in [2.05, 4.69) is 15.6 Å². The fourth-order valence-corrected chi connectivity index (χ4v) is 4.29. The van der Waals surface area contributed by atoms with Gasteiger partial charge in [-0.2, -0.15) is 0 Å². The third-order valence-electron chi connectivity index (χ3n) is 5.99. The molecule has 2 aromatic rings. The van der Waals surface area contributed by atoms with Gasteiger partial charge in [0.2, 0.25) is 0 Å². The van der Waals surface area contributed by atoms with Crippen LogP contribution in [0, 0.1) is 12.7 Å². The molecule has 0 atom stereocenters. The summed E-state index contributed by atoms with van der Waals surface area (Å²) >= 11 is 0. The Labute approximate surface area is 203 Å². The Morgan fingerprint density at radius 3 is 2.43 bits per heavy atom. The number of aryl methyl sites for hydroxylation is 1. The summed E-state index contributed by atoms with van der Waals surface area (Å²) in [5.74, 6) is -0.884. The Hall–Kier alpha value is -3.05. The molecule has 0 bridgehead atoms. The zero-order valence-electron chi connectivity index (χ0n) is 20.0. The number of halogens is 1. The van der Waals surface area contributed by atoms with Crippen molar-refractivity contribution in [1.29, 1.82) is 0 Å². The number of hydrogen-bond acceptors (Lipinski definition) is 6. The second-order valence-corrected chi connectivity index (χ2v) is 8.38. The van der Waals surface area contributed by atoms with Gasteiger partial charge in [0.25, 0.3) is 11.8 Å². The second kappa shape index (κ2) is 11.6. The smallest absolute Gasteiger partial charge is 0.256 e. The highest BCUT2D eigenvalue weighted by molar-refractivity contribution is 6.34. The van der Waals surface area contributed by atoms with Crippen LogP contribution in [0.3, 0.4) is 0 Å². The molecule has 1 aromatic carbocycles. The summed E-state index contributed by atoms with van der Waals surface area (Å²) in [6.07, 6.45) is 1.68. The molecule has 3 heterocycles. The molecule has 2 amide bonds. The standard InChI is InChI=1S/C25H31FN4O5/c1-16-23(25(32)30-5-7-33-9-11-35-12-10-34-8-6-30)20(15-27-2)22(28-16)14-19-18-13-17(26)3-4-21(18)29-24(19)31/h3-4,13-14,27-28H,5-12,15H2,1-2H3,(H,29,31)/b19-14-. The Kier molecular flexibility index (Phi) is 8.29. The molecule has 2 aliphatic rings. The van der Waals surface area contributed by atoms with Crippen LogP contribution in [-0.2, 0) is 25.5 Å². The van der Waals surface area contributed by atoms with Crippen molar-refractivity contribution in [2.45, 2.75) is 13.5 Å². The van der Waals surface area contributed by atoms with Crippen LogP contribution in [0.25, 0.3) is 11.6 Å². The first-order valence-electron chi connectivity index (χ1n) is 11.7. The minimum Gasteiger partial charge on any atom is -0.377 e. The van der Waals surface area contributed by atoms with Gasteiger partial charge in [-0.25, -0.2) is 4.39 Å². The maximum atomic E-state index is 13.9. The minimum atomic E-state index is -0.425. The Morgan fingerprint density at radius 2 is 1.77 bits per heavy atom. The number of benzene rings is 1. The Morgan fingerprint density at radius 1 is 1.11 bits per heavy atom. The maximum absolute atomic E-state index is 13.9. The lowest BCUT2D eigenvalue weighted by molar-refractivity contribution is -0.110. The molecule has 0 radical (unpaired) electrons. The van der Waals surface area contributed by atoms with E-state index in [-0.39, 0.29) is 11.8 Å². The summed E-state index contributed by atoms with van der Waals surface area (Å²) in [6, 6.07) is 4.18. The molecular weight excluding hydrogens is 455 g/mol. The van der Waals surface area contributed by atoms with Gasteiger partial charge in [0.05, 0.1) is 50.8 Å². The molecule has 188 valence electrons. The molecule has 9 nitrogen and oxygen atoms in total. The highest BCUT2D eigenvalue weighted by Gasteiger charge is 2.28. The first kappa shape index (κ1) is 25.1. The van der Waals surface area contributed by atoms with Gasteiger partial charge in [-0.3, -0.25) is 9.59 Å². The van der Waals surface area contributed by atoms with E-state index in [1.807, 2.05) is 6.92 Å². The second-order valence-electron chi connectivity index (χ2n) is 8.38. The quantitative estimate of drug-likeness (QED) is 0.573. The lowest BCUT2D eigenvalue weighted by Crippen LogP contribution is -2.38. The summed E-state index contributed by atoms with van der Waals surface area (Å²) < 4.78 is 30.5. The zero-order valence-corrected chi connectivity index (χ0v) is 20.0. The molecule has 0 spiro atoms. The number of aromatic nitrogens is 1. The average Bonchev–Trinajstić information content (AvgIpc) is 3.29. The SMILES string of the molecule is CNCc1c(/C=C2\C(=O)Nc3ccc(F)cc32)[nH]c(C)c1C(=O)N1CCOCCOCCOCC1. The molecule has 1 aromatic heterocycles. The lowest BCUT2D eigenvalue weighted by Gasteiger charge is -2.24. The zero-order chi connectivity index (χ0) is 24.8. The van der Waals surface area contributed by atoms with Crippen molar-refractivity contribution in [2.75, 3.05) is 65.1 Å². The highest BCUT2D eigenvalue weighted by atomic mass is 19.1. The van der Waals surface area contributed by atoms with Crippen molar-refractivity contribution < 1.29 is 28.2 Å². The van der Waals surface area contributed by atoms with E-state index in [9.17, 15) is 14.0 Å². The molecule has 1 saturated heterocycles. The van der Waals surface area contributed by atoms with Crippen molar-refractivity contribution in [3.8, 4) is 0 Å². The van der Waals surface area contributed by atoms with E-state index in [1.165, 1.54) is 12.1 Å². The number of amides is 2. The number of ether oxygens (including phenoxy) is 3. The summed E-state index contributed by atoms with van der Waals surface area (Å²) in [7, 11) is 1.79. The summed E-state index contributed by atoms with van der Waals surface area (Å²) in [5, 5.41) is 5.87. The lowest BCUT2D eigenvalue weighted by atomic mass is 10.0. The molecular formula is C25H31FN4O5. The van der Waals surface area contributed by atoms with Crippen molar-refractivity contribution in [2.24, 2.45) is 0 Å². The maximum Gasteiger partial charge on any atom is 0.256 e. The number of anilines is 1. The predicted octanol–water partition coefficient (Wildman–Crippen LogP) is 2.18. The molecule has 0 saturated carbocycles. The molecule has 10 heteroatoms. The van der Waals surface area contributed by atoms with Gasteiger partial charge in [0.15, 0.2) is 0 Å². The first-order chi connectivity index (χ1) is 17.0. The molecule has 2 aliphatic heterocycles. The highest BCUT2D eigenvalue weighted by Crippen LogP contribution is 2.34. The number of carbonyl (C=O) groups is 2. The van der Waals surface area contributed by atoms with E-state index in [0.717, 1.165) is 5.56 Å². The fraction of sp³-hybridized carbons (Fsp3) is 0.440. The normalized spacial score (nSPS) is 18.7. The number of fused-ring (bicyclic) bond motifs is 1. The number of aromatic amines is 1. The fourth-order valence-electron chi connectivity index (χ4n) is 4.29. The molecule has 1 fully saturated rings. The number of rotatable bonds is 4. The number of nitrogens with zero attached hydrogens (tertiary/aromatic N) is 1. The third-order valence-corrected chi connectivity index (χ3v) is 5.99. The number of H-pyrrole nitrogens is 1. The van der Waals surface area contributed by atoms with Crippen molar-refractivity contribution >= 4 is 29.2 Å². The van der Waals surface area contributed by atoms with Crippen molar-refractivity contribution in [3.63, 3.8) is 0 Å². The van der Waals surface area contributed by atoms with Gasteiger partial charge in [-0.15, -0.1) is 0 Å². The Balaban J connectivity index is 1.65. The molecule has 35 heavy (non-hydrogen) atoms. The van der Waals surface area contributed by atoms with Crippen LogP contribution in [0.1, 0.15) is 32.9 Å². The number of nitrogens with one attached hydrogen (secondary N) is 3. The molecule has 3 N–H and O–H groups in total. The van der Waals surface area contributed by atoms with E-state index in [4.69, 9.17) is 14.2 Å². The largest absolute Gasteiger partial charge is 0.377 e. The monoisotopic (exact) mass is 486 g/mol. The van der Waals surface area contributed by atoms with Crippen LogP contribution < -0.4 is 10.6 Å². The van der Waals surface area contributed by atoms with Crippen molar-refractivity contribution in [3.05, 3.63) is 52.1 Å². The number of hydrogen-bond donors (Lipinski definition) is 3. The van der Waals surface area contributed by atoms with Gasteiger partial charge in [-0.05, 0) is 38.2 Å². The van der Waals surface area contributed by atoms with E-state index < -0.39 is 5.82 Å². The summed E-state index contributed by atoms with van der Waals surface area (Å²) in [4.78, 5) is 31.3. The molecule has 0 unspecified atom stereocenters. The van der Waals surface area contributed by atoms with Gasteiger partial charge in [0, 0.05) is 47.8 Å². The van der Waals surface area contributed by atoms with Gasteiger partial charge < -0.3 is 34.7 Å². The van der Waals surface area contributed by atoms with Crippen LogP contribution in [0.5, 0.6) is 0 Å².